The molecule has 4 heavy (non-hydrogen) atoms. The molecule has 28 valence electrons. The molecule has 0 amide bonds. The van der Waals surface area contributed by atoms with Crippen molar-refractivity contribution in [2.45, 2.75) is 0 Å². The Bertz CT molecular complexity index is 6.00. The molecular formula is Cl2CoSb. The number of rotatable bonds is 0. The quantitative estimate of drug-likeness (QED) is 0.564. The van der Waals surface area contributed by atoms with E-state index in [-0.39, 0.29) is 24.4 Å². The minimum absolute atomic E-state index is 0. The standard InChI is InChI=1S/2ClH.Co.Sb/h2*1H;;/q;;+2;/p-2. The summed E-state index contributed by atoms with van der Waals surface area (Å²) in [5, 5.41) is 0. The van der Waals surface area contributed by atoms with Gasteiger partial charge in [-0.15, -0.1) is 0 Å². The van der Waals surface area contributed by atoms with Crippen molar-refractivity contribution in [2.24, 2.45) is 0 Å². The molecular weight excluding hydrogens is 252 g/mol. The zero-order valence-electron chi connectivity index (χ0n) is 1.54. The molecule has 3 radical (unpaired) electrons. The maximum absolute atomic E-state index is 4.73. The van der Waals surface area contributed by atoms with E-state index in [9.17, 15) is 0 Å². The van der Waals surface area contributed by atoms with Crippen LogP contribution >= 0.6 is 20.3 Å². The summed E-state index contributed by atoms with van der Waals surface area (Å²) >= 11 is 0.382. The van der Waals surface area contributed by atoms with Gasteiger partial charge in [-0.1, -0.05) is 0 Å². The Balaban J connectivity index is 0. The summed E-state index contributed by atoms with van der Waals surface area (Å²) in [6.45, 7) is 0. The predicted molar refractivity (Wildman–Crippen MR) is 17.5 cm³/mol. The second-order valence-corrected chi connectivity index (χ2v) is 1.77. The molecule has 0 aromatic rings. The van der Waals surface area contributed by atoms with Gasteiger partial charge in [0.25, 0.3) is 0 Å². The maximum atomic E-state index is 4.73. The SMILES string of the molecule is [Cl][Co][Cl].[Sb]. The molecule has 0 spiro atoms. The molecule has 0 saturated heterocycles. The van der Waals surface area contributed by atoms with Crippen molar-refractivity contribution in [2.75, 3.05) is 0 Å². The fourth-order valence-electron chi connectivity index (χ4n) is 0. The van der Waals surface area contributed by atoms with E-state index in [4.69, 9.17) is 20.3 Å². The van der Waals surface area contributed by atoms with Crippen LogP contribution in [-0.2, 0) is 12.9 Å². The number of halogens is 2. The average Bonchev–Trinajstić information content (AvgIpc) is 0.918. The van der Waals surface area contributed by atoms with Crippen LogP contribution in [0.4, 0.5) is 0 Å². The van der Waals surface area contributed by atoms with Gasteiger partial charge in [-0.25, -0.2) is 0 Å². The van der Waals surface area contributed by atoms with Crippen LogP contribution in [0.25, 0.3) is 0 Å². The summed E-state index contributed by atoms with van der Waals surface area (Å²) in [6, 6.07) is 0. The third-order valence-corrected chi connectivity index (χ3v) is 0. The van der Waals surface area contributed by atoms with Gasteiger partial charge in [-0.2, -0.15) is 0 Å². The van der Waals surface area contributed by atoms with E-state index in [0.29, 0.717) is 12.9 Å². The number of hydrogen-bond acceptors (Lipinski definition) is 0. The van der Waals surface area contributed by atoms with Crippen molar-refractivity contribution in [1.29, 1.82) is 0 Å². The molecule has 0 aliphatic rings. The van der Waals surface area contributed by atoms with Crippen molar-refractivity contribution in [3.8, 4) is 0 Å². The summed E-state index contributed by atoms with van der Waals surface area (Å²) in [6.07, 6.45) is 0. The van der Waals surface area contributed by atoms with Crippen LogP contribution in [0.15, 0.2) is 0 Å². The first-order chi connectivity index (χ1) is 1.41. The third-order valence-electron chi connectivity index (χ3n) is 0. The summed E-state index contributed by atoms with van der Waals surface area (Å²) in [4.78, 5) is 0. The molecule has 0 aromatic carbocycles. The van der Waals surface area contributed by atoms with Crippen LogP contribution in [0.2, 0.25) is 0 Å². The molecule has 0 heterocycles. The van der Waals surface area contributed by atoms with Gasteiger partial charge in [0.15, 0.2) is 0 Å². The van der Waals surface area contributed by atoms with E-state index in [2.05, 4.69) is 0 Å². The largest absolute Gasteiger partial charge is 0 e. The molecule has 0 bridgehead atoms. The molecule has 0 aliphatic heterocycles. The first-order valence-corrected chi connectivity index (χ1v) is 3.12. The molecule has 0 unspecified atom stereocenters. The van der Waals surface area contributed by atoms with Crippen molar-refractivity contribution in [3.05, 3.63) is 0 Å². The van der Waals surface area contributed by atoms with E-state index in [1.54, 1.807) is 0 Å². The zero-order valence-corrected chi connectivity index (χ0v) is 6.64. The smallest absolute Gasteiger partial charge is 0 e. The Labute approximate surface area is 57.2 Å². The summed E-state index contributed by atoms with van der Waals surface area (Å²) < 4.78 is 0. The first-order valence-electron chi connectivity index (χ1n) is 0.252. The Morgan fingerprint density at radius 3 is 1.25 bits per heavy atom. The van der Waals surface area contributed by atoms with Gasteiger partial charge in [0.2, 0.25) is 0 Å². The van der Waals surface area contributed by atoms with Gasteiger partial charge in [0.05, 0.1) is 0 Å². The molecule has 0 aliphatic carbocycles. The maximum Gasteiger partial charge on any atom is 0 e. The monoisotopic (exact) mass is 250 g/mol. The zero-order chi connectivity index (χ0) is 2.71. The van der Waals surface area contributed by atoms with E-state index >= 15 is 0 Å². The van der Waals surface area contributed by atoms with Crippen molar-refractivity contribution in [1.82, 2.24) is 0 Å². The van der Waals surface area contributed by atoms with E-state index in [1.165, 1.54) is 0 Å². The van der Waals surface area contributed by atoms with E-state index < -0.39 is 0 Å². The van der Waals surface area contributed by atoms with Crippen LogP contribution in [0, 0.1) is 0 Å². The summed E-state index contributed by atoms with van der Waals surface area (Å²) in [7, 11) is 9.47. The molecule has 0 saturated carbocycles. The van der Waals surface area contributed by atoms with Crippen LogP contribution in [0.5, 0.6) is 0 Å². The molecule has 0 rings (SSSR count). The van der Waals surface area contributed by atoms with Gasteiger partial charge in [-0.05, 0) is 0 Å². The van der Waals surface area contributed by atoms with Crippen LogP contribution < -0.4 is 0 Å². The third kappa shape index (κ3) is 9.08. The van der Waals surface area contributed by atoms with E-state index in [1.807, 2.05) is 0 Å². The van der Waals surface area contributed by atoms with Crippen molar-refractivity contribution >= 4 is 44.7 Å². The van der Waals surface area contributed by atoms with Crippen LogP contribution in [-0.4, -0.2) is 24.4 Å². The fraction of sp³-hybridized carbons (Fsp3) is 0. The van der Waals surface area contributed by atoms with Crippen LogP contribution in [0.3, 0.4) is 0 Å². The summed E-state index contributed by atoms with van der Waals surface area (Å²) in [5.74, 6) is 0. The molecule has 0 aromatic heterocycles. The second kappa shape index (κ2) is 8.86. The minimum atomic E-state index is 0. The van der Waals surface area contributed by atoms with Crippen LogP contribution in [0.1, 0.15) is 0 Å². The first kappa shape index (κ1) is 9.32. The molecule has 0 atom stereocenters. The molecule has 4 heteroatoms. The number of hydrogen-bond donors (Lipinski definition) is 0. The van der Waals surface area contributed by atoms with E-state index in [0.717, 1.165) is 0 Å². The topological polar surface area (TPSA) is 0 Å². The van der Waals surface area contributed by atoms with Gasteiger partial charge in [0.1, 0.15) is 0 Å². The summed E-state index contributed by atoms with van der Waals surface area (Å²) in [5.41, 5.74) is 0. The Morgan fingerprint density at radius 1 is 1.25 bits per heavy atom. The Hall–Kier alpha value is 1.90. The normalized spacial score (nSPS) is 5.50. The minimum Gasteiger partial charge on any atom is 0 e. The van der Waals surface area contributed by atoms with Gasteiger partial charge < -0.3 is 0 Å². The molecule has 0 nitrogen and oxygen atoms in total. The molecule has 0 N–H and O–H groups in total. The van der Waals surface area contributed by atoms with Gasteiger partial charge in [0, 0.05) is 24.4 Å². The Kier molecular flexibility index (Phi) is 20.6. The predicted octanol–water partition coefficient (Wildman–Crippen LogP) is 0.996. The molecule has 0 fully saturated rings. The average molecular weight is 252 g/mol. The van der Waals surface area contributed by atoms with Crippen molar-refractivity contribution in [3.63, 3.8) is 0 Å². The second-order valence-electron chi connectivity index (χ2n) is 0.0476. The fourth-order valence-corrected chi connectivity index (χ4v) is 0. The van der Waals surface area contributed by atoms with Gasteiger partial charge >= 0.3 is 33.2 Å². The van der Waals surface area contributed by atoms with Gasteiger partial charge in [-0.3, -0.25) is 0 Å². The van der Waals surface area contributed by atoms with Crippen molar-refractivity contribution < 1.29 is 12.9 Å². The Morgan fingerprint density at radius 2 is 1.25 bits per heavy atom.